The molecule has 34 heavy (non-hydrogen) atoms. The van der Waals surface area contributed by atoms with Gasteiger partial charge < -0.3 is 9.47 Å². The van der Waals surface area contributed by atoms with E-state index in [0.717, 1.165) is 38.5 Å². The summed E-state index contributed by atoms with van der Waals surface area (Å²) < 4.78 is 13.2. The molecule has 0 aliphatic carbocycles. The summed E-state index contributed by atoms with van der Waals surface area (Å²) in [6.07, 6.45) is 1.70. The molecule has 0 spiro atoms. The number of methoxy groups -OCH3 is 1. The second-order valence-corrected chi connectivity index (χ2v) is 10.3. The van der Waals surface area contributed by atoms with Gasteiger partial charge in [0.25, 0.3) is 11.1 Å². The summed E-state index contributed by atoms with van der Waals surface area (Å²) in [4.78, 5) is 27.1. The summed E-state index contributed by atoms with van der Waals surface area (Å²) in [5.41, 5.74) is 3.82. The lowest BCUT2D eigenvalue weighted by molar-refractivity contribution is -0.123. The number of nitrogens with zero attached hydrogens (tertiary/aromatic N) is 1. The number of thioether (sulfide) groups is 1. The third kappa shape index (κ3) is 5.40. The Labute approximate surface area is 219 Å². The van der Waals surface area contributed by atoms with Crippen molar-refractivity contribution in [2.24, 2.45) is 0 Å². The van der Waals surface area contributed by atoms with Crippen molar-refractivity contribution in [3.63, 3.8) is 0 Å². The number of amides is 2. The standard InChI is InChI=1S/C26H21Br2NO4S/c1-16-7-3-4-9-19(16)15-33-24-21(28)11-17(12-22(24)32-2)13-23-25(30)29(26(31)34-23)14-18-8-5-6-10-20(18)27/h3-13H,14-15H2,1-2H3/b23-13-. The highest BCUT2D eigenvalue weighted by molar-refractivity contribution is 9.10. The van der Waals surface area contributed by atoms with Crippen LogP contribution < -0.4 is 9.47 Å². The van der Waals surface area contributed by atoms with Crippen LogP contribution in [0.1, 0.15) is 22.3 Å². The number of imide groups is 1. The zero-order valence-corrected chi connectivity index (χ0v) is 22.5. The van der Waals surface area contributed by atoms with Crippen molar-refractivity contribution < 1.29 is 19.1 Å². The molecule has 0 saturated carbocycles. The Morgan fingerprint density at radius 3 is 2.38 bits per heavy atom. The SMILES string of the molecule is COc1cc(/C=C2\SC(=O)N(Cc3ccccc3Br)C2=O)cc(Br)c1OCc1ccccc1C. The first kappa shape index (κ1) is 24.6. The molecule has 0 atom stereocenters. The van der Waals surface area contributed by atoms with Crippen LogP contribution in [0.4, 0.5) is 4.79 Å². The third-order valence-corrected chi connectivity index (χ3v) is 7.61. The molecule has 1 saturated heterocycles. The van der Waals surface area contributed by atoms with Crippen molar-refractivity contribution >= 4 is 60.8 Å². The molecule has 3 aromatic rings. The van der Waals surface area contributed by atoms with Crippen molar-refractivity contribution in [3.05, 3.63) is 96.8 Å². The van der Waals surface area contributed by atoms with Crippen LogP contribution >= 0.6 is 43.6 Å². The quantitative estimate of drug-likeness (QED) is 0.265. The van der Waals surface area contributed by atoms with E-state index in [1.165, 1.54) is 4.90 Å². The maximum absolute atomic E-state index is 13.0. The molecule has 4 rings (SSSR count). The van der Waals surface area contributed by atoms with Gasteiger partial charge in [0.05, 0.1) is 23.0 Å². The van der Waals surface area contributed by atoms with E-state index in [1.54, 1.807) is 19.3 Å². The second kappa shape index (κ2) is 10.8. The normalized spacial score (nSPS) is 14.7. The predicted molar refractivity (Wildman–Crippen MR) is 142 cm³/mol. The lowest BCUT2D eigenvalue weighted by Crippen LogP contribution is -2.27. The van der Waals surface area contributed by atoms with E-state index in [-0.39, 0.29) is 17.7 Å². The summed E-state index contributed by atoms with van der Waals surface area (Å²) in [6, 6.07) is 19.2. The number of hydrogen-bond donors (Lipinski definition) is 0. The number of carbonyl (C=O) groups is 2. The highest BCUT2D eigenvalue weighted by Gasteiger charge is 2.35. The smallest absolute Gasteiger partial charge is 0.293 e. The summed E-state index contributed by atoms with van der Waals surface area (Å²) in [7, 11) is 1.57. The number of aryl methyl sites for hydroxylation is 1. The van der Waals surface area contributed by atoms with Crippen molar-refractivity contribution in [2.75, 3.05) is 7.11 Å². The van der Waals surface area contributed by atoms with Gasteiger partial charge in [0.2, 0.25) is 0 Å². The maximum Gasteiger partial charge on any atom is 0.293 e. The van der Waals surface area contributed by atoms with E-state index < -0.39 is 0 Å². The van der Waals surface area contributed by atoms with Crippen molar-refractivity contribution in [1.29, 1.82) is 0 Å². The van der Waals surface area contributed by atoms with Crippen molar-refractivity contribution in [3.8, 4) is 11.5 Å². The van der Waals surface area contributed by atoms with Gasteiger partial charge >= 0.3 is 0 Å². The van der Waals surface area contributed by atoms with Crippen LogP contribution in [0.25, 0.3) is 6.08 Å². The number of ether oxygens (including phenoxy) is 2. The van der Waals surface area contributed by atoms with E-state index in [4.69, 9.17) is 9.47 Å². The zero-order valence-electron chi connectivity index (χ0n) is 18.5. The number of halogens is 2. The van der Waals surface area contributed by atoms with Crippen LogP contribution in [0.2, 0.25) is 0 Å². The monoisotopic (exact) mass is 601 g/mol. The minimum Gasteiger partial charge on any atom is -0.493 e. The van der Waals surface area contributed by atoms with Crippen LogP contribution in [-0.4, -0.2) is 23.2 Å². The zero-order chi connectivity index (χ0) is 24.2. The molecular formula is C26H21Br2NO4S. The van der Waals surface area contributed by atoms with E-state index in [2.05, 4.69) is 31.9 Å². The molecule has 8 heteroatoms. The van der Waals surface area contributed by atoms with Gasteiger partial charge in [-0.25, -0.2) is 0 Å². The van der Waals surface area contributed by atoms with Gasteiger partial charge in [-0.1, -0.05) is 58.4 Å². The summed E-state index contributed by atoms with van der Waals surface area (Å²) in [5, 5.41) is -0.295. The molecule has 0 radical (unpaired) electrons. The molecule has 1 fully saturated rings. The van der Waals surface area contributed by atoms with Gasteiger partial charge in [0, 0.05) is 4.47 Å². The Balaban J connectivity index is 1.55. The molecule has 0 unspecified atom stereocenters. The van der Waals surface area contributed by atoms with Crippen LogP contribution in [0, 0.1) is 6.92 Å². The van der Waals surface area contributed by atoms with Crippen LogP contribution in [0.5, 0.6) is 11.5 Å². The number of hydrogen-bond acceptors (Lipinski definition) is 5. The van der Waals surface area contributed by atoms with Gasteiger partial charge in [-0.3, -0.25) is 14.5 Å². The summed E-state index contributed by atoms with van der Waals surface area (Å²) in [5.74, 6) is 0.785. The topological polar surface area (TPSA) is 55.8 Å². The Kier molecular flexibility index (Phi) is 7.80. The Morgan fingerprint density at radius 2 is 1.68 bits per heavy atom. The molecule has 1 aliphatic rings. The number of benzene rings is 3. The highest BCUT2D eigenvalue weighted by atomic mass is 79.9. The van der Waals surface area contributed by atoms with Gasteiger partial charge in [-0.05, 0) is 81.1 Å². The third-order valence-electron chi connectivity index (χ3n) is 5.34. The molecule has 3 aromatic carbocycles. The lowest BCUT2D eigenvalue weighted by atomic mass is 10.1. The fourth-order valence-electron chi connectivity index (χ4n) is 3.47. The molecule has 0 N–H and O–H groups in total. The Morgan fingerprint density at radius 1 is 0.971 bits per heavy atom. The van der Waals surface area contributed by atoms with Crippen LogP contribution in [0.3, 0.4) is 0 Å². The highest BCUT2D eigenvalue weighted by Crippen LogP contribution is 2.40. The largest absolute Gasteiger partial charge is 0.493 e. The Bertz CT molecular complexity index is 1290. The molecule has 0 bridgehead atoms. The van der Waals surface area contributed by atoms with E-state index >= 15 is 0 Å². The first-order chi connectivity index (χ1) is 16.4. The molecular weight excluding hydrogens is 582 g/mol. The molecule has 0 aromatic heterocycles. The average molecular weight is 603 g/mol. The average Bonchev–Trinajstić information content (AvgIpc) is 3.07. The molecule has 1 heterocycles. The fraction of sp³-hybridized carbons (Fsp3) is 0.154. The van der Waals surface area contributed by atoms with Gasteiger partial charge in [0.1, 0.15) is 6.61 Å². The predicted octanol–water partition coefficient (Wildman–Crippen LogP) is 7.34. The van der Waals surface area contributed by atoms with Crippen molar-refractivity contribution in [1.82, 2.24) is 4.90 Å². The summed E-state index contributed by atoms with van der Waals surface area (Å²) >= 11 is 7.97. The summed E-state index contributed by atoms with van der Waals surface area (Å²) in [6.45, 7) is 2.65. The van der Waals surface area contributed by atoms with Crippen molar-refractivity contribution in [2.45, 2.75) is 20.1 Å². The second-order valence-electron chi connectivity index (χ2n) is 7.61. The van der Waals surface area contributed by atoms with Gasteiger partial charge in [-0.2, -0.15) is 0 Å². The molecule has 5 nitrogen and oxygen atoms in total. The minimum atomic E-state index is -0.319. The lowest BCUT2D eigenvalue weighted by Gasteiger charge is -2.15. The van der Waals surface area contributed by atoms with E-state index in [1.807, 2.05) is 61.5 Å². The molecule has 2 amide bonds. The van der Waals surface area contributed by atoms with Crippen LogP contribution in [-0.2, 0) is 17.9 Å². The van der Waals surface area contributed by atoms with Crippen LogP contribution in [0.15, 0.2) is 74.5 Å². The van der Waals surface area contributed by atoms with Gasteiger partial charge in [0.15, 0.2) is 11.5 Å². The molecule has 174 valence electrons. The minimum absolute atomic E-state index is 0.210. The number of rotatable bonds is 7. The maximum atomic E-state index is 13.0. The van der Waals surface area contributed by atoms with E-state index in [0.29, 0.717) is 27.5 Å². The first-order valence-electron chi connectivity index (χ1n) is 10.4. The van der Waals surface area contributed by atoms with Gasteiger partial charge in [-0.15, -0.1) is 0 Å². The fourth-order valence-corrected chi connectivity index (χ4v) is 5.29. The molecule has 1 aliphatic heterocycles. The van der Waals surface area contributed by atoms with E-state index in [9.17, 15) is 9.59 Å². The Hall–Kier alpha value is -2.55. The first-order valence-corrected chi connectivity index (χ1v) is 12.8. The number of carbonyl (C=O) groups excluding carboxylic acids is 2.